The average molecular weight is 237 g/mol. The molecule has 2 N–H and O–H groups in total. The second-order valence-electron chi connectivity index (χ2n) is 4.60. The lowest BCUT2D eigenvalue weighted by Gasteiger charge is -2.31. The lowest BCUT2D eigenvalue weighted by atomic mass is 10.2. The number of rotatable bonds is 5. The van der Waals surface area contributed by atoms with E-state index in [1.165, 1.54) is 0 Å². The van der Waals surface area contributed by atoms with Crippen LogP contribution in [0.5, 0.6) is 0 Å². The summed E-state index contributed by atoms with van der Waals surface area (Å²) in [4.78, 5) is 13.0. The maximum Gasteiger partial charge on any atom is 0.134 e. The topological polar surface area (TPSA) is 58.3 Å². The van der Waals surface area contributed by atoms with Crippen molar-refractivity contribution in [2.24, 2.45) is 0 Å². The van der Waals surface area contributed by atoms with E-state index in [1.807, 2.05) is 13.0 Å². The predicted octanol–water partition coefficient (Wildman–Crippen LogP) is 1.14. The number of hydrogen-bond acceptors (Lipinski definition) is 5. The van der Waals surface area contributed by atoms with Crippen molar-refractivity contribution < 1.29 is 0 Å². The highest BCUT2D eigenvalue weighted by molar-refractivity contribution is 5.47. The highest BCUT2D eigenvalue weighted by Crippen LogP contribution is 2.16. The van der Waals surface area contributed by atoms with Gasteiger partial charge in [0.1, 0.15) is 17.5 Å². The molecule has 5 nitrogen and oxygen atoms in total. The van der Waals surface area contributed by atoms with Gasteiger partial charge in [-0.05, 0) is 34.9 Å². The van der Waals surface area contributed by atoms with Crippen molar-refractivity contribution in [3.8, 4) is 0 Å². The molecule has 96 valence electrons. The molecule has 0 fully saturated rings. The Labute approximate surface area is 104 Å². The molecule has 1 aromatic heterocycles. The van der Waals surface area contributed by atoms with Gasteiger partial charge in [0.2, 0.25) is 0 Å². The molecule has 0 aromatic carbocycles. The zero-order chi connectivity index (χ0) is 13.0. The molecule has 0 bridgehead atoms. The van der Waals surface area contributed by atoms with E-state index in [0.717, 1.165) is 24.7 Å². The maximum absolute atomic E-state index is 5.77. The first-order valence-corrected chi connectivity index (χ1v) is 5.96. The summed E-state index contributed by atoms with van der Waals surface area (Å²) >= 11 is 0. The van der Waals surface area contributed by atoms with Crippen LogP contribution in [0.3, 0.4) is 0 Å². The monoisotopic (exact) mass is 237 g/mol. The molecule has 1 atom stereocenters. The fraction of sp³-hybridized carbons (Fsp3) is 0.667. The molecule has 1 aromatic rings. The normalized spacial score (nSPS) is 12.8. The Morgan fingerprint density at radius 2 is 2.00 bits per heavy atom. The van der Waals surface area contributed by atoms with Crippen LogP contribution in [0.4, 0.5) is 11.6 Å². The summed E-state index contributed by atoms with van der Waals surface area (Å²) in [6.07, 6.45) is 0. The minimum absolute atomic E-state index is 0.392. The van der Waals surface area contributed by atoms with Crippen LogP contribution >= 0.6 is 0 Å². The van der Waals surface area contributed by atoms with Crippen molar-refractivity contribution in [2.45, 2.75) is 26.8 Å². The molecule has 1 unspecified atom stereocenters. The second-order valence-corrected chi connectivity index (χ2v) is 4.60. The van der Waals surface area contributed by atoms with Crippen molar-refractivity contribution in [3.05, 3.63) is 11.9 Å². The lowest BCUT2D eigenvalue weighted by molar-refractivity contribution is 0.372. The van der Waals surface area contributed by atoms with Crippen molar-refractivity contribution in [2.75, 3.05) is 37.8 Å². The van der Waals surface area contributed by atoms with Crippen molar-refractivity contribution >= 4 is 11.6 Å². The number of nitrogens with zero attached hydrogens (tertiary/aromatic N) is 4. The molecule has 0 aliphatic rings. The van der Waals surface area contributed by atoms with E-state index in [0.29, 0.717) is 11.9 Å². The second kappa shape index (κ2) is 5.82. The highest BCUT2D eigenvalue weighted by Gasteiger charge is 2.15. The smallest absolute Gasteiger partial charge is 0.134 e. The van der Waals surface area contributed by atoms with E-state index in [1.54, 1.807) is 0 Å². The van der Waals surface area contributed by atoms with E-state index in [9.17, 15) is 0 Å². The molecule has 0 amide bonds. The van der Waals surface area contributed by atoms with E-state index in [-0.39, 0.29) is 0 Å². The van der Waals surface area contributed by atoms with Gasteiger partial charge < -0.3 is 15.5 Å². The highest BCUT2D eigenvalue weighted by atomic mass is 15.2. The lowest BCUT2D eigenvalue weighted by Crippen LogP contribution is -2.40. The van der Waals surface area contributed by atoms with Gasteiger partial charge in [0.15, 0.2) is 0 Å². The number of anilines is 2. The molecule has 0 saturated carbocycles. The average Bonchev–Trinajstić information content (AvgIpc) is 2.15. The van der Waals surface area contributed by atoms with Crippen molar-refractivity contribution in [3.63, 3.8) is 0 Å². The fourth-order valence-electron chi connectivity index (χ4n) is 2.05. The molecule has 1 heterocycles. The van der Waals surface area contributed by atoms with Crippen LogP contribution in [0, 0.1) is 6.92 Å². The number of nitrogen functional groups attached to an aromatic ring is 1. The van der Waals surface area contributed by atoms with Gasteiger partial charge in [0.25, 0.3) is 0 Å². The zero-order valence-electron chi connectivity index (χ0n) is 11.4. The molecule has 0 radical (unpaired) electrons. The quantitative estimate of drug-likeness (QED) is 0.832. The number of likely N-dealkylation sites (N-methyl/N-ethyl adjacent to an activating group) is 2. The number of aryl methyl sites for hydroxylation is 1. The number of hydrogen-bond donors (Lipinski definition) is 1. The van der Waals surface area contributed by atoms with Gasteiger partial charge in [-0.3, -0.25) is 0 Å². The summed E-state index contributed by atoms with van der Waals surface area (Å²) < 4.78 is 0. The Bertz CT molecular complexity index is 344. The molecule has 0 spiro atoms. The van der Waals surface area contributed by atoms with Crippen molar-refractivity contribution in [1.82, 2.24) is 14.9 Å². The molecular weight excluding hydrogens is 214 g/mol. The Kier molecular flexibility index (Phi) is 4.69. The van der Waals surface area contributed by atoms with Gasteiger partial charge in [-0.2, -0.15) is 0 Å². The Hall–Kier alpha value is -1.36. The molecule has 1 rings (SSSR count). The van der Waals surface area contributed by atoms with E-state index in [2.05, 4.69) is 47.7 Å². The number of aromatic nitrogens is 2. The van der Waals surface area contributed by atoms with E-state index in [4.69, 9.17) is 5.73 Å². The third-order valence-electron chi connectivity index (χ3n) is 2.64. The van der Waals surface area contributed by atoms with Gasteiger partial charge in [0.05, 0.1) is 0 Å². The van der Waals surface area contributed by atoms with Gasteiger partial charge in [-0.15, -0.1) is 0 Å². The first-order chi connectivity index (χ1) is 7.93. The van der Waals surface area contributed by atoms with Crippen LogP contribution in [-0.2, 0) is 0 Å². The van der Waals surface area contributed by atoms with Crippen molar-refractivity contribution in [1.29, 1.82) is 0 Å². The molecule has 0 aliphatic heterocycles. The van der Waals surface area contributed by atoms with Gasteiger partial charge in [-0.25, -0.2) is 9.97 Å². The first-order valence-electron chi connectivity index (χ1n) is 5.96. The SMILES string of the molecule is CCN(c1cc(N)nc(C)n1)C(C)CN(C)C. The van der Waals surface area contributed by atoms with E-state index < -0.39 is 0 Å². The standard InChI is InChI=1S/C12H23N5/c1-6-17(9(2)8-16(4)5)12-7-11(13)14-10(3)15-12/h7,9H,6,8H2,1-5H3,(H2,13,14,15). The molecule has 17 heavy (non-hydrogen) atoms. The van der Waals surface area contributed by atoms with Gasteiger partial charge in [-0.1, -0.05) is 0 Å². The zero-order valence-corrected chi connectivity index (χ0v) is 11.4. The summed E-state index contributed by atoms with van der Waals surface area (Å²) in [6.45, 7) is 8.07. The fourth-order valence-corrected chi connectivity index (χ4v) is 2.05. The van der Waals surface area contributed by atoms with Crippen LogP contribution in [0.15, 0.2) is 6.07 Å². The first kappa shape index (κ1) is 13.7. The largest absolute Gasteiger partial charge is 0.384 e. The van der Waals surface area contributed by atoms with Gasteiger partial charge >= 0.3 is 0 Å². The van der Waals surface area contributed by atoms with Gasteiger partial charge in [0, 0.05) is 25.2 Å². The molecule has 5 heteroatoms. The Morgan fingerprint density at radius 3 is 2.47 bits per heavy atom. The minimum Gasteiger partial charge on any atom is -0.384 e. The summed E-state index contributed by atoms with van der Waals surface area (Å²) in [5.41, 5.74) is 5.77. The number of nitrogens with two attached hydrogens (primary N) is 1. The van der Waals surface area contributed by atoms with Crippen LogP contribution in [-0.4, -0.2) is 48.1 Å². The summed E-state index contributed by atoms with van der Waals surface area (Å²) in [6, 6.07) is 2.23. The summed E-state index contributed by atoms with van der Waals surface area (Å²) in [5.74, 6) is 2.16. The van der Waals surface area contributed by atoms with E-state index >= 15 is 0 Å². The molecule has 0 aliphatic carbocycles. The van der Waals surface area contributed by atoms with Crippen LogP contribution < -0.4 is 10.6 Å². The Balaban J connectivity index is 2.92. The third-order valence-corrected chi connectivity index (χ3v) is 2.64. The summed E-state index contributed by atoms with van der Waals surface area (Å²) in [5, 5.41) is 0. The summed E-state index contributed by atoms with van der Waals surface area (Å²) in [7, 11) is 4.15. The Morgan fingerprint density at radius 1 is 1.35 bits per heavy atom. The van der Waals surface area contributed by atoms with Crippen LogP contribution in [0.2, 0.25) is 0 Å². The maximum atomic E-state index is 5.77. The van der Waals surface area contributed by atoms with Crippen LogP contribution in [0.25, 0.3) is 0 Å². The minimum atomic E-state index is 0.392. The van der Waals surface area contributed by atoms with Crippen LogP contribution in [0.1, 0.15) is 19.7 Å². The third kappa shape index (κ3) is 3.85. The molecular formula is C12H23N5. The molecule has 0 saturated heterocycles. The predicted molar refractivity (Wildman–Crippen MR) is 72.2 cm³/mol.